The van der Waals surface area contributed by atoms with Crippen LogP contribution in [0.1, 0.15) is 11.1 Å². The largest absolute Gasteiger partial charge is 0.346 e. The summed E-state index contributed by atoms with van der Waals surface area (Å²) in [4.78, 5) is 0. The summed E-state index contributed by atoms with van der Waals surface area (Å²) < 4.78 is 2.32. The Kier molecular flexibility index (Phi) is 3.84. The summed E-state index contributed by atoms with van der Waals surface area (Å²) >= 11 is 0. The monoisotopic (exact) mass is 264 g/mol. The van der Waals surface area contributed by atoms with E-state index in [1.807, 2.05) is 0 Å². The Hall–Kier alpha value is -2.06. The molecule has 0 aliphatic heterocycles. The second-order valence-corrected chi connectivity index (χ2v) is 5.23. The van der Waals surface area contributed by atoms with Crippen molar-refractivity contribution in [2.45, 2.75) is 20.0 Å². The minimum absolute atomic E-state index is 0.930. The van der Waals surface area contributed by atoms with Crippen LogP contribution in [0.15, 0.2) is 60.8 Å². The number of hydrogen-bond acceptors (Lipinski definition) is 1. The summed E-state index contributed by atoms with van der Waals surface area (Å²) in [6.07, 6.45) is 2.17. The molecule has 2 aromatic carbocycles. The lowest BCUT2D eigenvalue weighted by atomic mass is 10.2. The van der Waals surface area contributed by atoms with E-state index in [-0.39, 0.29) is 0 Å². The van der Waals surface area contributed by atoms with Gasteiger partial charge in [-0.2, -0.15) is 0 Å². The number of aryl methyl sites for hydroxylation is 1. The van der Waals surface area contributed by atoms with Crippen molar-refractivity contribution in [1.82, 2.24) is 9.88 Å². The maximum atomic E-state index is 3.50. The molecule has 2 heteroatoms. The minimum atomic E-state index is 0.930. The fourth-order valence-electron chi connectivity index (χ4n) is 2.52. The zero-order valence-corrected chi connectivity index (χ0v) is 11.8. The number of nitrogens with zero attached hydrogens (tertiary/aromatic N) is 1. The van der Waals surface area contributed by atoms with Gasteiger partial charge in [-0.05, 0) is 35.6 Å². The molecule has 1 N–H and O–H groups in total. The van der Waals surface area contributed by atoms with E-state index < -0.39 is 0 Å². The molecule has 1 aromatic heterocycles. The van der Waals surface area contributed by atoms with E-state index in [0.717, 1.165) is 19.6 Å². The quantitative estimate of drug-likeness (QED) is 0.695. The van der Waals surface area contributed by atoms with Gasteiger partial charge < -0.3 is 9.88 Å². The first kappa shape index (κ1) is 12.9. The van der Waals surface area contributed by atoms with Gasteiger partial charge in [0.05, 0.1) is 0 Å². The summed E-state index contributed by atoms with van der Waals surface area (Å²) in [5.74, 6) is 0. The van der Waals surface area contributed by atoms with Crippen LogP contribution in [0.3, 0.4) is 0 Å². The highest BCUT2D eigenvalue weighted by Crippen LogP contribution is 2.17. The third-order valence-corrected chi connectivity index (χ3v) is 3.63. The lowest BCUT2D eigenvalue weighted by Crippen LogP contribution is -2.19. The predicted octanol–water partition coefficient (Wildman–Crippen LogP) is 3.74. The Labute approximate surface area is 120 Å². The van der Waals surface area contributed by atoms with Crippen LogP contribution in [0, 0.1) is 6.92 Å². The molecule has 0 aliphatic carbocycles. The van der Waals surface area contributed by atoms with Crippen LogP contribution in [-0.2, 0) is 13.1 Å². The van der Waals surface area contributed by atoms with Gasteiger partial charge in [-0.3, -0.25) is 0 Å². The van der Waals surface area contributed by atoms with Crippen molar-refractivity contribution in [2.24, 2.45) is 0 Å². The van der Waals surface area contributed by atoms with Crippen molar-refractivity contribution in [3.63, 3.8) is 0 Å². The smallest absolute Gasteiger partial charge is 0.0483 e. The molecule has 2 nitrogen and oxygen atoms in total. The van der Waals surface area contributed by atoms with Gasteiger partial charge in [0.1, 0.15) is 0 Å². The molecule has 0 amide bonds. The second kappa shape index (κ2) is 5.93. The number of aromatic nitrogens is 1. The van der Waals surface area contributed by atoms with Gasteiger partial charge >= 0.3 is 0 Å². The van der Waals surface area contributed by atoms with Gasteiger partial charge in [0, 0.05) is 31.3 Å². The van der Waals surface area contributed by atoms with E-state index in [0.29, 0.717) is 0 Å². The zero-order chi connectivity index (χ0) is 13.8. The third kappa shape index (κ3) is 2.91. The van der Waals surface area contributed by atoms with Gasteiger partial charge in [-0.15, -0.1) is 0 Å². The molecule has 0 aliphatic rings. The van der Waals surface area contributed by atoms with Gasteiger partial charge in [-0.1, -0.05) is 42.5 Å². The van der Waals surface area contributed by atoms with Crippen molar-refractivity contribution in [3.05, 3.63) is 71.9 Å². The molecule has 0 radical (unpaired) electrons. The first-order chi connectivity index (χ1) is 9.83. The second-order valence-electron chi connectivity index (χ2n) is 5.23. The Morgan fingerprint density at radius 1 is 1.00 bits per heavy atom. The first-order valence-electron chi connectivity index (χ1n) is 7.13. The average molecular weight is 264 g/mol. The maximum Gasteiger partial charge on any atom is 0.0483 e. The summed E-state index contributed by atoms with van der Waals surface area (Å²) in [5.41, 5.74) is 3.97. The molecule has 0 saturated carbocycles. The number of hydrogen-bond donors (Lipinski definition) is 1. The number of benzene rings is 2. The molecule has 1 heterocycles. The summed E-state index contributed by atoms with van der Waals surface area (Å²) in [6.45, 7) is 5.05. The molecule has 102 valence electrons. The highest BCUT2D eigenvalue weighted by atomic mass is 15.0. The molecule has 3 aromatic rings. The van der Waals surface area contributed by atoms with Crippen LogP contribution < -0.4 is 5.32 Å². The van der Waals surface area contributed by atoms with Crippen LogP contribution in [0.5, 0.6) is 0 Å². The molecule has 3 rings (SSSR count). The van der Waals surface area contributed by atoms with E-state index in [9.17, 15) is 0 Å². The Morgan fingerprint density at radius 3 is 2.70 bits per heavy atom. The predicted molar refractivity (Wildman–Crippen MR) is 84.8 cm³/mol. The van der Waals surface area contributed by atoms with E-state index in [1.165, 1.54) is 22.0 Å². The van der Waals surface area contributed by atoms with Crippen molar-refractivity contribution < 1.29 is 0 Å². The highest BCUT2D eigenvalue weighted by molar-refractivity contribution is 5.80. The van der Waals surface area contributed by atoms with Crippen molar-refractivity contribution in [1.29, 1.82) is 0 Å². The molecule has 0 atom stereocenters. The van der Waals surface area contributed by atoms with Crippen LogP contribution in [-0.4, -0.2) is 11.1 Å². The lowest BCUT2D eigenvalue weighted by Gasteiger charge is -2.08. The van der Waals surface area contributed by atoms with Gasteiger partial charge in [-0.25, -0.2) is 0 Å². The van der Waals surface area contributed by atoms with E-state index in [4.69, 9.17) is 0 Å². The zero-order valence-electron chi connectivity index (χ0n) is 11.8. The van der Waals surface area contributed by atoms with E-state index in [1.54, 1.807) is 0 Å². The molecule has 0 unspecified atom stereocenters. The van der Waals surface area contributed by atoms with Gasteiger partial charge in [0.15, 0.2) is 0 Å². The number of nitrogens with one attached hydrogen (secondary N) is 1. The topological polar surface area (TPSA) is 17.0 Å². The maximum absolute atomic E-state index is 3.50. The van der Waals surface area contributed by atoms with Crippen LogP contribution in [0.2, 0.25) is 0 Å². The molecular formula is C18H20N2. The number of rotatable bonds is 5. The Morgan fingerprint density at radius 2 is 1.85 bits per heavy atom. The standard InChI is InChI=1S/C18H20N2/c1-15-7-8-17-9-11-20(18(17)13-15)12-10-19-14-16-5-3-2-4-6-16/h2-9,11,13,19H,10,12,14H2,1H3. The fraction of sp³-hybridized carbons (Fsp3) is 0.222. The average Bonchev–Trinajstić information content (AvgIpc) is 2.87. The van der Waals surface area contributed by atoms with E-state index in [2.05, 4.69) is 77.6 Å². The summed E-state index contributed by atoms with van der Waals surface area (Å²) in [5, 5.41) is 4.82. The Balaban J connectivity index is 1.59. The van der Waals surface area contributed by atoms with Crippen molar-refractivity contribution in [3.8, 4) is 0 Å². The summed E-state index contributed by atoms with van der Waals surface area (Å²) in [7, 11) is 0. The molecule has 0 spiro atoms. The van der Waals surface area contributed by atoms with Crippen molar-refractivity contribution in [2.75, 3.05) is 6.54 Å². The van der Waals surface area contributed by atoms with Crippen LogP contribution >= 0.6 is 0 Å². The molecular weight excluding hydrogens is 244 g/mol. The molecule has 0 bridgehead atoms. The van der Waals surface area contributed by atoms with Crippen molar-refractivity contribution >= 4 is 10.9 Å². The highest BCUT2D eigenvalue weighted by Gasteiger charge is 2.00. The van der Waals surface area contributed by atoms with Crippen LogP contribution in [0.4, 0.5) is 0 Å². The first-order valence-corrected chi connectivity index (χ1v) is 7.13. The molecule has 0 fully saturated rings. The molecule has 0 saturated heterocycles. The third-order valence-electron chi connectivity index (χ3n) is 3.63. The molecule has 20 heavy (non-hydrogen) atoms. The lowest BCUT2D eigenvalue weighted by molar-refractivity contribution is 0.609. The van der Waals surface area contributed by atoms with Gasteiger partial charge in [0.2, 0.25) is 0 Å². The Bertz CT molecular complexity index is 683. The van der Waals surface area contributed by atoms with Gasteiger partial charge in [0.25, 0.3) is 0 Å². The fourth-order valence-corrected chi connectivity index (χ4v) is 2.52. The van der Waals surface area contributed by atoms with E-state index >= 15 is 0 Å². The SMILES string of the molecule is Cc1ccc2ccn(CCNCc3ccccc3)c2c1. The number of fused-ring (bicyclic) bond motifs is 1. The minimum Gasteiger partial charge on any atom is -0.346 e. The van der Waals surface area contributed by atoms with Crippen LogP contribution in [0.25, 0.3) is 10.9 Å². The normalized spacial score (nSPS) is 11.1. The summed E-state index contributed by atoms with van der Waals surface area (Å²) in [6, 6.07) is 19.3.